The number of carbonyl (C=O) groups excluding carboxylic acids is 2. The standard InChI is InChI=1S/C20H35NO3/c1-2-3-4-5-6-7-8-9-10-11-12-13-14-15-19(22)21-18-16-17-24-20(18)23/h7-8,18H,2-6,9-17H2,1H3,(H,21,22)/b8-7-/t18-/m0/s1. The second-order valence-corrected chi connectivity index (χ2v) is 6.70. The molecule has 0 radical (unpaired) electrons. The zero-order chi connectivity index (χ0) is 17.5. The van der Waals surface area contributed by atoms with E-state index in [2.05, 4.69) is 24.4 Å². The molecule has 1 rings (SSSR count). The van der Waals surface area contributed by atoms with Crippen LogP contribution in [0.15, 0.2) is 12.2 Å². The average Bonchev–Trinajstić information content (AvgIpc) is 2.97. The van der Waals surface area contributed by atoms with Gasteiger partial charge in [-0.2, -0.15) is 0 Å². The van der Waals surface area contributed by atoms with Crippen LogP contribution in [0.5, 0.6) is 0 Å². The highest BCUT2D eigenvalue weighted by Crippen LogP contribution is 2.10. The molecule has 0 spiro atoms. The number of esters is 1. The molecule has 1 saturated heterocycles. The minimum absolute atomic E-state index is 0.0233. The first kappa shape index (κ1) is 20.7. The summed E-state index contributed by atoms with van der Waals surface area (Å²) in [7, 11) is 0. The van der Waals surface area contributed by atoms with Crippen molar-refractivity contribution in [1.29, 1.82) is 0 Å². The van der Waals surface area contributed by atoms with Crippen LogP contribution in [0.4, 0.5) is 0 Å². The van der Waals surface area contributed by atoms with E-state index >= 15 is 0 Å². The molecular weight excluding hydrogens is 302 g/mol. The van der Waals surface area contributed by atoms with Gasteiger partial charge in [-0.1, -0.05) is 57.6 Å². The molecule has 4 heteroatoms. The zero-order valence-corrected chi connectivity index (χ0v) is 15.4. The summed E-state index contributed by atoms with van der Waals surface area (Å²) in [5, 5.41) is 2.75. The van der Waals surface area contributed by atoms with Gasteiger partial charge < -0.3 is 10.1 Å². The molecule has 1 N–H and O–H groups in total. The Hall–Kier alpha value is -1.32. The van der Waals surface area contributed by atoms with E-state index in [1.165, 1.54) is 57.8 Å². The van der Waals surface area contributed by atoms with Crippen molar-refractivity contribution in [2.24, 2.45) is 0 Å². The summed E-state index contributed by atoms with van der Waals surface area (Å²) < 4.78 is 4.83. The zero-order valence-electron chi connectivity index (χ0n) is 15.4. The fourth-order valence-corrected chi connectivity index (χ4v) is 2.90. The Balaban J connectivity index is 1.84. The highest BCUT2D eigenvalue weighted by atomic mass is 16.5. The Morgan fingerprint density at radius 1 is 1.04 bits per heavy atom. The molecule has 1 heterocycles. The first-order chi connectivity index (χ1) is 11.7. The van der Waals surface area contributed by atoms with Crippen molar-refractivity contribution in [2.45, 2.75) is 96.4 Å². The number of allylic oxidation sites excluding steroid dienone is 2. The number of hydrogen-bond donors (Lipinski definition) is 1. The Morgan fingerprint density at radius 3 is 2.29 bits per heavy atom. The van der Waals surface area contributed by atoms with Gasteiger partial charge in [0.2, 0.25) is 5.91 Å². The van der Waals surface area contributed by atoms with E-state index in [0.717, 1.165) is 12.8 Å². The summed E-state index contributed by atoms with van der Waals surface area (Å²) >= 11 is 0. The van der Waals surface area contributed by atoms with Gasteiger partial charge in [-0.25, -0.2) is 4.79 Å². The lowest BCUT2D eigenvalue weighted by Crippen LogP contribution is -2.37. The molecule has 24 heavy (non-hydrogen) atoms. The summed E-state index contributed by atoms with van der Waals surface area (Å²) in [5.74, 6) is -0.313. The van der Waals surface area contributed by atoms with Crippen molar-refractivity contribution in [2.75, 3.05) is 6.61 Å². The minimum atomic E-state index is -0.411. The average molecular weight is 338 g/mol. The van der Waals surface area contributed by atoms with Crippen LogP contribution in [0.25, 0.3) is 0 Å². The Bertz CT molecular complexity index is 379. The fourth-order valence-electron chi connectivity index (χ4n) is 2.90. The molecule has 0 aliphatic carbocycles. The van der Waals surface area contributed by atoms with Gasteiger partial charge in [-0.05, 0) is 32.1 Å². The lowest BCUT2D eigenvalue weighted by atomic mass is 10.1. The number of unbranched alkanes of at least 4 members (excludes halogenated alkanes) is 9. The van der Waals surface area contributed by atoms with E-state index in [4.69, 9.17) is 4.74 Å². The molecule has 1 atom stereocenters. The van der Waals surface area contributed by atoms with Crippen LogP contribution in [-0.4, -0.2) is 24.5 Å². The number of amides is 1. The molecule has 1 fully saturated rings. The molecule has 138 valence electrons. The number of ether oxygens (including phenoxy) is 1. The van der Waals surface area contributed by atoms with Crippen molar-refractivity contribution in [3.63, 3.8) is 0 Å². The van der Waals surface area contributed by atoms with Gasteiger partial charge in [0.05, 0.1) is 6.61 Å². The van der Waals surface area contributed by atoms with Crippen molar-refractivity contribution in [3.8, 4) is 0 Å². The normalized spacial score (nSPS) is 17.4. The van der Waals surface area contributed by atoms with Crippen LogP contribution in [0.1, 0.15) is 90.4 Å². The lowest BCUT2D eigenvalue weighted by molar-refractivity contribution is -0.141. The van der Waals surface area contributed by atoms with Gasteiger partial charge in [-0.15, -0.1) is 0 Å². The van der Waals surface area contributed by atoms with E-state index in [1.807, 2.05) is 0 Å². The van der Waals surface area contributed by atoms with Gasteiger partial charge in [0.25, 0.3) is 0 Å². The Morgan fingerprint density at radius 2 is 1.67 bits per heavy atom. The molecule has 0 aromatic heterocycles. The predicted octanol–water partition coefficient (Wildman–Crippen LogP) is 4.68. The van der Waals surface area contributed by atoms with Gasteiger partial charge in [0.1, 0.15) is 6.04 Å². The number of rotatable bonds is 14. The predicted molar refractivity (Wildman–Crippen MR) is 97.7 cm³/mol. The molecule has 0 bridgehead atoms. The van der Waals surface area contributed by atoms with Gasteiger partial charge in [-0.3, -0.25) is 4.79 Å². The molecule has 4 nitrogen and oxygen atoms in total. The molecule has 1 amide bonds. The Labute approximate surface area is 147 Å². The molecular formula is C20H35NO3. The summed E-state index contributed by atoms with van der Waals surface area (Å²) in [4.78, 5) is 23.0. The third kappa shape index (κ3) is 10.5. The minimum Gasteiger partial charge on any atom is -0.464 e. The van der Waals surface area contributed by atoms with Gasteiger partial charge in [0.15, 0.2) is 0 Å². The van der Waals surface area contributed by atoms with Crippen LogP contribution < -0.4 is 5.32 Å². The SMILES string of the molecule is CCCCCC/C=C\CCCCCCCC(=O)N[C@H]1CCOC1=O. The smallest absolute Gasteiger partial charge is 0.328 e. The second-order valence-electron chi connectivity index (χ2n) is 6.70. The van der Waals surface area contributed by atoms with Crippen LogP contribution in [0.2, 0.25) is 0 Å². The third-order valence-corrected chi connectivity index (χ3v) is 4.44. The quantitative estimate of drug-likeness (QED) is 0.284. The van der Waals surface area contributed by atoms with E-state index in [9.17, 15) is 9.59 Å². The van der Waals surface area contributed by atoms with Crippen LogP contribution in [0.3, 0.4) is 0 Å². The van der Waals surface area contributed by atoms with Crippen molar-refractivity contribution in [1.82, 2.24) is 5.32 Å². The third-order valence-electron chi connectivity index (χ3n) is 4.44. The number of carbonyl (C=O) groups is 2. The monoisotopic (exact) mass is 337 g/mol. The highest BCUT2D eigenvalue weighted by Gasteiger charge is 2.27. The molecule has 0 aromatic rings. The largest absolute Gasteiger partial charge is 0.464 e. The molecule has 0 unspecified atom stereocenters. The summed E-state index contributed by atoms with van der Waals surface area (Å²) in [6.45, 7) is 2.67. The van der Waals surface area contributed by atoms with Crippen molar-refractivity contribution >= 4 is 11.9 Å². The maximum Gasteiger partial charge on any atom is 0.328 e. The maximum atomic E-state index is 11.7. The fraction of sp³-hybridized carbons (Fsp3) is 0.800. The van der Waals surface area contributed by atoms with E-state index < -0.39 is 6.04 Å². The molecule has 1 aliphatic rings. The molecule has 0 saturated carbocycles. The van der Waals surface area contributed by atoms with Gasteiger partial charge in [0, 0.05) is 12.8 Å². The van der Waals surface area contributed by atoms with E-state index in [1.54, 1.807) is 0 Å². The van der Waals surface area contributed by atoms with E-state index in [-0.39, 0.29) is 11.9 Å². The number of hydrogen-bond acceptors (Lipinski definition) is 3. The van der Waals surface area contributed by atoms with Crippen LogP contribution in [0, 0.1) is 0 Å². The number of cyclic esters (lactones) is 1. The summed E-state index contributed by atoms with van der Waals surface area (Å²) in [6, 6.07) is -0.411. The maximum absolute atomic E-state index is 11.7. The topological polar surface area (TPSA) is 55.4 Å². The van der Waals surface area contributed by atoms with Crippen LogP contribution in [-0.2, 0) is 14.3 Å². The summed E-state index contributed by atoms with van der Waals surface area (Å²) in [6.07, 6.45) is 19.2. The van der Waals surface area contributed by atoms with E-state index in [0.29, 0.717) is 19.4 Å². The lowest BCUT2D eigenvalue weighted by Gasteiger charge is -2.08. The molecule has 0 aromatic carbocycles. The first-order valence-electron chi connectivity index (χ1n) is 9.85. The second kappa shape index (κ2) is 14.1. The van der Waals surface area contributed by atoms with Crippen molar-refractivity contribution < 1.29 is 14.3 Å². The number of nitrogens with one attached hydrogen (secondary N) is 1. The first-order valence-corrected chi connectivity index (χ1v) is 9.85. The van der Waals surface area contributed by atoms with Crippen molar-refractivity contribution in [3.05, 3.63) is 12.2 Å². The Kier molecular flexibility index (Phi) is 12.1. The molecule has 1 aliphatic heterocycles. The van der Waals surface area contributed by atoms with Crippen LogP contribution >= 0.6 is 0 Å². The summed E-state index contributed by atoms with van der Waals surface area (Å²) in [5.41, 5.74) is 0. The highest BCUT2D eigenvalue weighted by molar-refractivity contribution is 5.85. The van der Waals surface area contributed by atoms with Gasteiger partial charge >= 0.3 is 5.97 Å².